The highest BCUT2D eigenvalue weighted by Crippen LogP contribution is 2.10. The predicted octanol–water partition coefficient (Wildman–Crippen LogP) is 2.77. The second kappa shape index (κ2) is 9.35. The summed E-state index contributed by atoms with van der Waals surface area (Å²) < 4.78 is 5.44. The van der Waals surface area contributed by atoms with Gasteiger partial charge in [0.2, 0.25) is 11.8 Å². The predicted molar refractivity (Wildman–Crippen MR) is 94.0 cm³/mol. The average molecular weight is 326 g/mol. The molecule has 5 nitrogen and oxygen atoms in total. The van der Waals surface area contributed by atoms with Crippen LogP contribution < -0.4 is 15.4 Å². The van der Waals surface area contributed by atoms with E-state index in [1.807, 2.05) is 54.6 Å². The fraction of sp³-hybridized carbons (Fsp3) is 0.263. The van der Waals surface area contributed by atoms with Crippen LogP contribution in [-0.4, -0.2) is 25.0 Å². The quantitative estimate of drug-likeness (QED) is 0.784. The molecule has 0 aliphatic heterocycles. The molecule has 0 atom stereocenters. The van der Waals surface area contributed by atoms with Crippen LogP contribution in [0.2, 0.25) is 0 Å². The van der Waals surface area contributed by atoms with E-state index in [0.717, 1.165) is 17.9 Å². The molecule has 0 spiro atoms. The van der Waals surface area contributed by atoms with Crippen molar-refractivity contribution in [1.29, 1.82) is 0 Å². The number of carbonyl (C=O) groups excluding carboxylic acids is 2. The Hall–Kier alpha value is -2.82. The first-order valence-electron chi connectivity index (χ1n) is 8.00. The lowest BCUT2D eigenvalue weighted by atomic mass is 10.1. The van der Waals surface area contributed by atoms with Crippen molar-refractivity contribution in [1.82, 2.24) is 5.32 Å². The number of hydrogen-bond donors (Lipinski definition) is 2. The van der Waals surface area contributed by atoms with Crippen LogP contribution in [0.4, 0.5) is 5.69 Å². The Balaban J connectivity index is 1.64. The number of aryl methyl sites for hydroxylation is 1. The van der Waals surface area contributed by atoms with Gasteiger partial charge in [0, 0.05) is 5.69 Å². The average Bonchev–Trinajstić information content (AvgIpc) is 2.61. The van der Waals surface area contributed by atoms with Crippen LogP contribution in [0.15, 0.2) is 54.6 Å². The van der Waals surface area contributed by atoms with Crippen molar-refractivity contribution in [3.05, 3.63) is 60.2 Å². The van der Waals surface area contributed by atoms with Gasteiger partial charge in [0.05, 0.1) is 19.6 Å². The second-order valence-corrected chi connectivity index (χ2v) is 5.29. The van der Waals surface area contributed by atoms with E-state index < -0.39 is 0 Å². The van der Waals surface area contributed by atoms with Gasteiger partial charge in [0.15, 0.2) is 0 Å². The van der Waals surface area contributed by atoms with Crippen molar-refractivity contribution in [2.24, 2.45) is 0 Å². The standard InChI is InChI=1S/C19H22N2O3/c1-2-15-8-10-16(11-9-15)21-19(23)14-20-18(22)12-13-24-17-6-4-3-5-7-17/h3-11H,2,12-14H2,1H3,(H,20,22)(H,21,23). The lowest BCUT2D eigenvalue weighted by Gasteiger charge is -2.08. The summed E-state index contributed by atoms with van der Waals surface area (Å²) in [4.78, 5) is 23.5. The summed E-state index contributed by atoms with van der Waals surface area (Å²) in [5, 5.41) is 5.33. The minimum atomic E-state index is -0.253. The van der Waals surface area contributed by atoms with E-state index in [1.165, 1.54) is 5.56 Å². The van der Waals surface area contributed by atoms with E-state index in [1.54, 1.807) is 0 Å². The number of carbonyl (C=O) groups is 2. The first kappa shape index (κ1) is 17.5. The van der Waals surface area contributed by atoms with E-state index in [9.17, 15) is 9.59 Å². The minimum Gasteiger partial charge on any atom is -0.493 e. The number of hydrogen-bond acceptors (Lipinski definition) is 3. The lowest BCUT2D eigenvalue weighted by Crippen LogP contribution is -2.33. The molecule has 2 amide bonds. The molecule has 0 saturated heterocycles. The van der Waals surface area contributed by atoms with E-state index in [0.29, 0.717) is 0 Å². The highest BCUT2D eigenvalue weighted by atomic mass is 16.5. The fourth-order valence-corrected chi connectivity index (χ4v) is 2.07. The summed E-state index contributed by atoms with van der Waals surface area (Å²) in [6, 6.07) is 16.9. The van der Waals surface area contributed by atoms with Crippen molar-refractivity contribution < 1.29 is 14.3 Å². The normalized spacial score (nSPS) is 10.0. The molecule has 0 unspecified atom stereocenters. The lowest BCUT2D eigenvalue weighted by molar-refractivity contribution is -0.124. The third-order valence-corrected chi connectivity index (χ3v) is 3.43. The van der Waals surface area contributed by atoms with Crippen LogP contribution in [0.5, 0.6) is 5.75 Å². The van der Waals surface area contributed by atoms with Crippen LogP contribution in [0.25, 0.3) is 0 Å². The Kier molecular flexibility index (Phi) is 6.83. The topological polar surface area (TPSA) is 67.4 Å². The van der Waals surface area contributed by atoms with Crippen molar-refractivity contribution in [2.75, 3.05) is 18.5 Å². The highest BCUT2D eigenvalue weighted by molar-refractivity contribution is 5.94. The van der Waals surface area contributed by atoms with Gasteiger partial charge >= 0.3 is 0 Å². The second-order valence-electron chi connectivity index (χ2n) is 5.29. The Morgan fingerprint density at radius 3 is 2.33 bits per heavy atom. The Labute approximate surface area is 142 Å². The van der Waals surface area contributed by atoms with Crippen molar-refractivity contribution >= 4 is 17.5 Å². The van der Waals surface area contributed by atoms with E-state index in [4.69, 9.17) is 4.74 Å². The number of rotatable bonds is 8. The maximum atomic E-state index is 11.8. The van der Waals surface area contributed by atoms with E-state index in [-0.39, 0.29) is 31.4 Å². The molecule has 0 aliphatic rings. The number of para-hydroxylation sites is 1. The van der Waals surface area contributed by atoms with Crippen molar-refractivity contribution in [3.63, 3.8) is 0 Å². The van der Waals surface area contributed by atoms with Crippen molar-refractivity contribution in [2.45, 2.75) is 19.8 Å². The maximum Gasteiger partial charge on any atom is 0.243 e. The number of ether oxygens (including phenoxy) is 1. The van der Waals surface area contributed by atoms with Gasteiger partial charge in [0.25, 0.3) is 0 Å². The van der Waals surface area contributed by atoms with Crippen molar-refractivity contribution in [3.8, 4) is 5.75 Å². The molecule has 0 radical (unpaired) electrons. The molecule has 2 aromatic rings. The Bertz CT molecular complexity index is 654. The van der Waals surface area contributed by atoms with Gasteiger partial charge in [-0.05, 0) is 36.2 Å². The number of nitrogens with one attached hydrogen (secondary N) is 2. The Morgan fingerprint density at radius 1 is 0.958 bits per heavy atom. The van der Waals surface area contributed by atoms with Crippen LogP contribution in [0.1, 0.15) is 18.9 Å². The van der Waals surface area contributed by atoms with Gasteiger partial charge in [-0.1, -0.05) is 37.3 Å². The number of anilines is 1. The zero-order valence-corrected chi connectivity index (χ0v) is 13.7. The van der Waals surface area contributed by atoms with Gasteiger partial charge in [-0.2, -0.15) is 0 Å². The van der Waals surface area contributed by atoms with Gasteiger partial charge < -0.3 is 15.4 Å². The zero-order valence-electron chi connectivity index (χ0n) is 13.7. The molecular weight excluding hydrogens is 304 g/mol. The van der Waals surface area contributed by atoms with Gasteiger partial charge in [-0.15, -0.1) is 0 Å². The van der Waals surface area contributed by atoms with Gasteiger partial charge in [-0.3, -0.25) is 9.59 Å². The molecule has 0 saturated carbocycles. The van der Waals surface area contributed by atoms with E-state index in [2.05, 4.69) is 17.6 Å². The molecule has 2 rings (SSSR count). The maximum absolute atomic E-state index is 11.8. The zero-order chi connectivity index (χ0) is 17.2. The molecule has 0 bridgehead atoms. The van der Waals surface area contributed by atoms with E-state index >= 15 is 0 Å². The van der Waals surface area contributed by atoms with Crippen LogP contribution in [-0.2, 0) is 16.0 Å². The van der Waals surface area contributed by atoms with Gasteiger partial charge in [-0.25, -0.2) is 0 Å². The molecule has 24 heavy (non-hydrogen) atoms. The first-order valence-corrected chi connectivity index (χ1v) is 8.00. The smallest absolute Gasteiger partial charge is 0.243 e. The fourth-order valence-electron chi connectivity index (χ4n) is 2.07. The third kappa shape index (κ3) is 6.12. The molecule has 2 aromatic carbocycles. The molecule has 126 valence electrons. The third-order valence-electron chi connectivity index (χ3n) is 3.43. The molecule has 0 aromatic heterocycles. The molecule has 0 fully saturated rings. The monoisotopic (exact) mass is 326 g/mol. The molecule has 5 heteroatoms. The SMILES string of the molecule is CCc1ccc(NC(=O)CNC(=O)CCOc2ccccc2)cc1. The minimum absolute atomic E-state index is 0.0559. The molecule has 0 heterocycles. The number of benzene rings is 2. The van der Waals surface area contributed by atoms with Gasteiger partial charge in [0.1, 0.15) is 5.75 Å². The summed E-state index contributed by atoms with van der Waals surface area (Å²) in [5.41, 5.74) is 1.93. The van der Waals surface area contributed by atoms with Crippen LogP contribution in [0, 0.1) is 0 Å². The van der Waals surface area contributed by atoms with Crippen LogP contribution in [0.3, 0.4) is 0 Å². The highest BCUT2D eigenvalue weighted by Gasteiger charge is 2.06. The molecular formula is C19H22N2O3. The first-order chi connectivity index (χ1) is 11.7. The number of amides is 2. The summed E-state index contributed by atoms with van der Waals surface area (Å²) in [6.07, 6.45) is 1.16. The molecule has 2 N–H and O–H groups in total. The Morgan fingerprint density at radius 2 is 1.67 bits per heavy atom. The summed E-state index contributed by atoms with van der Waals surface area (Å²) >= 11 is 0. The largest absolute Gasteiger partial charge is 0.493 e. The summed E-state index contributed by atoms with van der Waals surface area (Å²) in [5.74, 6) is 0.248. The summed E-state index contributed by atoms with van der Waals surface area (Å²) in [6.45, 7) is 2.29. The summed E-state index contributed by atoms with van der Waals surface area (Å²) in [7, 11) is 0. The molecule has 0 aliphatic carbocycles. The van der Waals surface area contributed by atoms with Crippen LogP contribution >= 0.6 is 0 Å².